The molecule has 0 aliphatic heterocycles. The minimum Gasteiger partial charge on any atom is -0.295 e. The van der Waals surface area contributed by atoms with E-state index in [1.165, 1.54) is 24.6 Å². The van der Waals surface area contributed by atoms with E-state index in [1.807, 2.05) is 24.3 Å². The predicted octanol–water partition coefficient (Wildman–Crippen LogP) is 9.22. The minimum absolute atomic E-state index is 0.0763. The molecule has 2 aliphatic rings. The fourth-order valence-corrected chi connectivity index (χ4v) is 6.49. The molecule has 0 bridgehead atoms. The van der Waals surface area contributed by atoms with Gasteiger partial charge in [0.1, 0.15) is 11.6 Å². The first-order valence-electron chi connectivity index (χ1n) is 14.8. The number of ketones is 2. The van der Waals surface area contributed by atoms with Gasteiger partial charge in [0.05, 0.1) is 5.56 Å². The van der Waals surface area contributed by atoms with E-state index in [0.29, 0.717) is 25.3 Å². The van der Waals surface area contributed by atoms with Crippen LogP contribution in [0.25, 0.3) is 5.57 Å². The Morgan fingerprint density at radius 1 is 0.860 bits per heavy atom. The van der Waals surface area contributed by atoms with E-state index in [-0.39, 0.29) is 23.9 Å². The monoisotopic (exact) mass is 586 g/mol. The minimum atomic E-state index is -1.27. The summed E-state index contributed by atoms with van der Waals surface area (Å²) in [5.41, 5.74) is 5.83. The molecule has 222 valence electrons. The van der Waals surface area contributed by atoms with Crippen molar-refractivity contribution in [3.63, 3.8) is 0 Å². The summed E-state index contributed by atoms with van der Waals surface area (Å²) in [4.78, 5) is 25.8. The number of aryl methyl sites for hydroxylation is 1. The second-order valence-electron chi connectivity index (χ2n) is 11.4. The molecule has 0 fully saturated rings. The lowest BCUT2D eigenvalue weighted by Gasteiger charge is -2.24. The summed E-state index contributed by atoms with van der Waals surface area (Å²) in [6, 6.07) is 12.7. The topological polar surface area (TPSA) is 34.1 Å². The zero-order valence-electron chi connectivity index (χ0n) is 24.6. The maximum absolute atomic E-state index is 15.4. The van der Waals surface area contributed by atoms with Crippen molar-refractivity contribution in [3.8, 4) is 0 Å². The number of rotatable bonds is 10. The number of carbonyl (C=O) groups excluding carboxylic acids is 2. The van der Waals surface area contributed by atoms with Gasteiger partial charge in [-0.3, -0.25) is 9.59 Å². The average molecular weight is 587 g/mol. The molecule has 0 heterocycles. The molecule has 43 heavy (non-hydrogen) atoms. The number of Topliss-reactive ketones (excluding diaryl/α,β-unsaturated/α-hetero) is 2. The van der Waals surface area contributed by atoms with Crippen molar-refractivity contribution < 1.29 is 27.2 Å². The van der Waals surface area contributed by atoms with Crippen LogP contribution >= 0.6 is 0 Å². The molecule has 0 amide bonds. The number of carbonyl (C=O) groups is 2. The van der Waals surface area contributed by atoms with Crippen LogP contribution in [0.3, 0.4) is 0 Å². The zero-order valence-corrected chi connectivity index (χ0v) is 24.6. The molecular formula is C37H34F4O2. The molecule has 3 aromatic carbocycles. The van der Waals surface area contributed by atoms with Crippen molar-refractivity contribution in [2.45, 2.75) is 65.2 Å². The molecule has 2 unspecified atom stereocenters. The molecular weight excluding hydrogens is 552 g/mol. The molecule has 0 N–H and O–H groups in total. The van der Waals surface area contributed by atoms with Crippen LogP contribution < -0.4 is 0 Å². The predicted molar refractivity (Wildman–Crippen MR) is 161 cm³/mol. The molecule has 6 heteroatoms. The molecule has 0 radical (unpaired) electrons. The van der Waals surface area contributed by atoms with Gasteiger partial charge in [0.15, 0.2) is 23.2 Å². The van der Waals surface area contributed by atoms with E-state index in [1.54, 1.807) is 25.1 Å². The van der Waals surface area contributed by atoms with Gasteiger partial charge in [0.2, 0.25) is 0 Å². The van der Waals surface area contributed by atoms with E-state index >= 15 is 4.39 Å². The van der Waals surface area contributed by atoms with Crippen LogP contribution in [0.2, 0.25) is 0 Å². The zero-order chi connectivity index (χ0) is 30.8. The number of benzene rings is 3. The highest BCUT2D eigenvalue weighted by Gasteiger charge is 2.38. The highest BCUT2D eigenvalue weighted by molar-refractivity contribution is 6.02. The third-order valence-corrected chi connectivity index (χ3v) is 8.81. The summed E-state index contributed by atoms with van der Waals surface area (Å²) in [6.07, 6.45) is 8.91. The van der Waals surface area contributed by atoms with Crippen molar-refractivity contribution in [3.05, 3.63) is 135 Å². The highest BCUT2D eigenvalue weighted by atomic mass is 19.2. The number of hydrogen-bond donors (Lipinski definition) is 0. The molecule has 0 aromatic heterocycles. The summed E-state index contributed by atoms with van der Waals surface area (Å²) in [5, 5.41) is 0. The van der Waals surface area contributed by atoms with Crippen molar-refractivity contribution in [1.82, 2.24) is 0 Å². The van der Waals surface area contributed by atoms with Gasteiger partial charge in [0, 0.05) is 17.4 Å². The quantitative estimate of drug-likeness (QED) is 0.135. The Morgan fingerprint density at radius 2 is 1.58 bits per heavy atom. The average Bonchev–Trinajstić information content (AvgIpc) is 3.66. The number of allylic oxidation sites excluding steroid dienone is 6. The second kappa shape index (κ2) is 12.7. The Hall–Kier alpha value is -4.06. The standard InChI is InChI=1S/C37H34F4O2/c1-4-28-24(11-9-22-10-12-25(17-22)21(3)42)7-6-8-30(28)31-18-26(23-13-15-27(38)16-14-23)19-32(31)37(43)33-20-34(39)36(41)29(5-2)35(33)40/h6-8,10,12-16,19-20,31-32H,4-5,9,11,17-18H2,1-3H3. The SMILES string of the molecule is CCc1c(CCC2=CC=C(C(C)=O)C2)cccc1C1CC(c2ccc(F)cc2)=CC1C(=O)c1cc(F)c(F)c(CC)c1F. The molecule has 2 aliphatic carbocycles. The fraction of sp³-hybridized carbons (Fsp3) is 0.297. The Morgan fingerprint density at radius 3 is 2.23 bits per heavy atom. The normalized spacial score (nSPS) is 18.0. The van der Waals surface area contributed by atoms with E-state index in [4.69, 9.17) is 0 Å². The molecule has 2 atom stereocenters. The first-order valence-corrected chi connectivity index (χ1v) is 14.8. The highest BCUT2D eigenvalue weighted by Crippen LogP contribution is 2.46. The second-order valence-corrected chi connectivity index (χ2v) is 11.4. The number of hydrogen-bond acceptors (Lipinski definition) is 2. The number of halogens is 4. The van der Waals surface area contributed by atoms with Crippen molar-refractivity contribution in [1.29, 1.82) is 0 Å². The Kier molecular flexibility index (Phi) is 8.95. The van der Waals surface area contributed by atoms with Gasteiger partial charge in [-0.2, -0.15) is 0 Å². The van der Waals surface area contributed by atoms with Crippen LogP contribution in [0.1, 0.15) is 84.1 Å². The molecule has 0 saturated carbocycles. The van der Waals surface area contributed by atoms with E-state index in [9.17, 15) is 22.8 Å². The fourth-order valence-electron chi connectivity index (χ4n) is 6.49. The Balaban J connectivity index is 1.52. The summed E-state index contributed by atoms with van der Waals surface area (Å²) in [7, 11) is 0. The lowest BCUT2D eigenvalue weighted by atomic mass is 9.79. The van der Waals surface area contributed by atoms with Crippen molar-refractivity contribution in [2.75, 3.05) is 0 Å². The van der Waals surface area contributed by atoms with Gasteiger partial charge in [-0.1, -0.05) is 68.0 Å². The third kappa shape index (κ3) is 6.06. The van der Waals surface area contributed by atoms with E-state index < -0.39 is 40.3 Å². The molecule has 0 saturated heterocycles. The Bertz CT molecular complexity index is 1680. The van der Waals surface area contributed by atoms with Crippen LogP contribution in [0.4, 0.5) is 17.6 Å². The van der Waals surface area contributed by atoms with Gasteiger partial charge >= 0.3 is 0 Å². The van der Waals surface area contributed by atoms with Crippen LogP contribution in [0.15, 0.2) is 77.9 Å². The van der Waals surface area contributed by atoms with Gasteiger partial charge in [-0.25, -0.2) is 17.6 Å². The van der Waals surface area contributed by atoms with Crippen LogP contribution in [0, 0.1) is 29.2 Å². The summed E-state index contributed by atoms with van der Waals surface area (Å²) < 4.78 is 58.0. The summed E-state index contributed by atoms with van der Waals surface area (Å²) >= 11 is 0. The molecule has 5 rings (SSSR count). The van der Waals surface area contributed by atoms with Crippen LogP contribution in [-0.4, -0.2) is 11.6 Å². The van der Waals surface area contributed by atoms with Gasteiger partial charge in [0.25, 0.3) is 0 Å². The Labute approximate surface area is 249 Å². The first kappa shape index (κ1) is 30.4. The summed E-state index contributed by atoms with van der Waals surface area (Å²) in [6.45, 7) is 5.14. The largest absolute Gasteiger partial charge is 0.295 e. The van der Waals surface area contributed by atoms with E-state index in [2.05, 4.69) is 13.0 Å². The smallest absolute Gasteiger partial charge is 0.173 e. The van der Waals surface area contributed by atoms with Crippen LogP contribution in [-0.2, 0) is 24.1 Å². The summed E-state index contributed by atoms with van der Waals surface area (Å²) in [5.74, 6) is -5.67. The van der Waals surface area contributed by atoms with Crippen molar-refractivity contribution >= 4 is 17.1 Å². The van der Waals surface area contributed by atoms with Crippen LogP contribution in [0.5, 0.6) is 0 Å². The third-order valence-electron chi connectivity index (χ3n) is 8.81. The van der Waals surface area contributed by atoms with Gasteiger partial charge in [-0.05, 0) is 97.0 Å². The molecule has 3 aromatic rings. The van der Waals surface area contributed by atoms with Gasteiger partial charge < -0.3 is 0 Å². The molecule has 2 nitrogen and oxygen atoms in total. The lowest BCUT2D eigenvalue weighted by molar-refractivity contribution is -0.113. The van der Waals surface area contributed by atoms with Crippen molar-refractivity contribution in [2.24, 2.45) is 5.92 Å². The lowest BCUT2D eigenvalue weighted by Crippen LogP contribution is -2.21. The maximum atomic E-state index is 15.4. The van der Waals surface area contributed by atoms with E-state index in [0.717, 1.165) is 46.2 Å². The first-order chi connectivity index (χ1) is 20.6. The van der Waals surface area contributed by atoms with Gasteiger partial charge in [-0.15, -0.1) is 0 Å². The molecule has 0 spiro atoms. The maximum Gasteiger partial charge on any atom is 0.173 e.